The molecule has 0 bridgehead atoms. The van der Waals surface area contributed by atoms with E-state index in [9.17, 15) is 0 Å². The standard InChI is InChI=1S/C12H21N3O/c1-8(7-16-5)11-14-9(12(2,3)4)6-10(13)15-11/h6,8H,7H2,1-5H3,(H2,13,14,15). The number of rotatable bonds is 3. The maximum atomic E-state index is 5.80. The van der Waals surface area contributed by atoms with Gasteiger partial charge >= 0.3 is 0 Å². The summed E-state index contributed by atoms with van der Waals surface area (Å²) in [6.07, 6.45) is 0. The van der Waals surface area contributed by atoms with Gasteiger partial charge in [0.05, 0.1) is 12.3 Å². The summed E-state index contributed by atoms with van der Waals surface area (Å²) in [7, 11) is 1.67. The topological polar surface area (TPSA) is 61.0 Å². The highest BCUT2D eigenvalue weighted by Crippen LogP contribution is 2.23. The second kappa shape index (κ2) is 4.78. The van der Waals surface area contributed by atoms with Gasteiger partial charge in [-0.1, -0.05) is 27.7 Å². The Morgan fingerprint density at radius 1 is 1.38 bits per heavy atom. The molecule has 16 heavy (non-hydrogen) atoms. The zero-order valence-corrected chi connectivity index (χ0v) is 10.7. The minimum absolute atomic E-state index is 0.0153. The van der Waals surface area contributed by atoms with Crippen molar-refractivity contribution in [3.8, 4) is 0 Å². The molecule has 0 spiro atoms. The maximum absolute atomic E-state index is 5.80. The molecule has 0 aliphatic heterocycles. The molecule has 0 amide bonds. The molecular weight excluding hydrogens is 202 g/mol. The van der Waals surface area contributed by atoms with Crippen LogP contribution in [0.15, 0.2) is 6.07 Å². The summed E-state index contributed by atoms with van der Waals surface area (Å²) < 4.78 is 5.10. The molecule has 0 saturated heterocycles. The van der Waals surface area contributed by atoms with Crippen molar-refractivity contribution >= 4 is 5.82 Å². The van der Waals surface area contributed by atoms with Gasteiger partial charge in [-0.15, -0.1) is 0 Å². The lowest BCUT2D eigenvalue weighted by Gasteiger charge is -2.20. The fraction of sp³-hybridized carbons (Fsp3) is 0.667. The van der Waals surface area contributed by atoms with Crippen molar-refractivity contribution in [1.82, 2.24) is 9.97 Å². The Morgan fingerprint density at radius 2 is 2.00 bits per heavy atom. The highest BCUT2D eigenvalue weighted by molar-refractivity contribution is 5.33. The third kappa shape index (κ3) is 3.17. The van der Waals surface area contributed by atoms with E-state index in [1.165, 1.54) is 0 Å². The monoisotopic (exact) mass is 223 g/mol. The smallest absolute Gasteiger partial charge is 0.136 e. The Labute approximate surface area is 97.2 Å². The molecule has 0 aromatic carbocycles. The number of aromatic nitrogens is 2. The summed E-state index contributed by atoms with van der Waals surface area (Å²) in [6.45, 7) is 8.97. The minimum atomic E-state index is -0.0153. The van der Waals surface area contributed by atoms with Crippen molar-refractivity contribution in [2.24, 2.45) is 0 Å². The fourth-order valence-electron chi connectivity index (χ4n) is 1.41. The average Bonchev–Trinajstić information content (AvgIpc) is 2.16. The van der Waals surface area contributed by atoms with Gasteiger partial charge < -0.3 is 10.5 Å². The van der Waals surface area contributed by atoms with Crippen LogP contribution in [0.5, 0.6) is 0 Å². The van der Waals surface area contributed by atoms with Crippen LogP contribution in [-0.2, 0) is 10.2 Å². The van der Waals surface area contributed by atoms with E-state index < -0.39 is 0 Å². The highest BCUT2D eigenvalue weighted by Gasteiger charge is 2.19. The van der Waals surface area contributed by atoms with E-state index in [4.69, 9.17) is 10.5 Å². The molecule has 1 aromatic heterocycles. The summed E-state index contributed by atoms with van der Waals surface area (Å²) in [4.78, 5) is 8.80. The van der Waals surface area contributed by atoms with Crippen LogP contribution in [0.25, 0.3) is 0 Å². The van der Waals surface area contributed by atoms with Crippen molar-refractivity contribution in [2.45, 2.75) is 39.0 Å². The molecule has 0 aliphatic rings. The summed E-state index contributed by atoms with van der Waals surface area (Å²) in [5.41, 5.74) is 6.75. The van der Waals surface area contributed by atoms with Crippen LogP contribution in [0.1, 0.15) is 45.1 Å². The third-order valence-electron chi connectivity index (χ3n) is 2.39. The van der Waals surface area contributed by atoms with Gasteiger partial charge in [-0.05, 0) is 0 Å². The molecule has 1 heterocycles. The molecule has 2 N–H and O–H groups in total. The summed E-state index contributed by atoms with van der Waals surface area (Å²) in [5, 5.41) is 0. The Hall–Kier alpha value is -1.16. The average molecular weight is 223 g/mol. The maximum Gasteiger partial charge on any atom is 0.136 e. The zero-order chi connectivity index (χ0) is 12.3. The minimum Gasteiger partial charge on any atom is -0.384 e. The molecule has 1 rings (SSSR count). The van der Waals surface area contributed by atoms with Gasteiger partial charge in [0.1, 0.15) is 11.6 Å². The van der Waals surface area contributed by atoms with Gasteiger partial charge in [-0.3, -0.25) is 0 Å². The van der Waals surface area contributed by atoms with Gasteiger partial charge in [0.2, 0.25) is 0 Å². The van der Waals surface area contributed by atoms with Gasteiger partial charge in [-0.2, -0.15) is 0 Å². The van der Waals surface area contributed by atoms with E-state index in [0.29, 0.717) is 12.4 Å². The van der Waals surface area contributed by atoms with Crippen molar-refractivity contribution in [2.75, 3.05) is 19.5 Å². The number of anilines is 1. The highest BCUT2D eigenvalue weighted by atomic mass is 16.5. The molecule has 1 atom stereocenters. The quantitative estimate of drug-likeness (QED) is 0.852. The van der Waals surface area contributed by atoms with E-state index >= 15 is 0 Å². The van der Waals surface area contributed by atoms with Crippen molar-refractivity contribution in [3.05, 3.63) is 17.6 Å². The van der Waals surface area contributed by atoms with E-state index in [2.05, 4.69) is 30.7 Å². The Balaban J connectivity index is 3.08. The molecule has 0 saturated carbocycles. The fourth-order valence-corrected chi connectivity index (χ4v) is 1.41. The lowest BCUT2D eigenvalue weighted by Crippen LogP contribution is -2.18. The molecule has 4 nitrogen and oxygen atoms in total. The summed E-state index contributed by atoms with van der Waals surface area (Å²) in [6, 6.07) is 1.84. The normalized spacial score (nSPS) is 13.8. The van der Waals surface area contributed by atoms with Crippen molar-refractivity contribution < 1.29 is 4.74 Å². The van der Waals surface area contributed by atoms with Crippen LogP contribution < -0.4 is 5.73 Å². The van der Waals surface area contributed by atoms with Crippen molar-refractivity contribution in [3.63, 3.8) is 0 Å². The molecule has 90 valence electrons. The van der Waals surface area contributed by atoms with E-state index in [1.807, 2.05) is 13.0 Å². The van der Waals surface area contributed by atoms with Gasteiger partial charge in [0, 0.05) is 24.5 Å². The number of hydrogen-bond donors (Lipinski definition) is 1. The van der Waals surface area contributed by atoms with Gasteiger partial charge in [0.15, 0.2) is 0 Å². The third-order valence-corrected chi connectivity index (χ3v) is 2.39. The number of ether oxygens (including phenoxy) is 1. The molecule has 0 aliphatic carbocycles. The van der Waals surface area contributed by atoms with Crippen LogP contribution in [-0.4, -0.2) is 23.7 Å². The predicted octanol–water partition coefficient (Wildman–Crippen LogP) is 2.11. The van der Waals surface area contributed by atoms with E-state index in [1.54, 1.807) is 7.11 Å². The van der Waals surface area contributed by atoms with Crippen molar-refractivity contribution in [1.29, 1.82) is 0 Å². The van der Waals surface area contributed by atoms with Crippen LogP contribution in [0.4, 0.5) is 5.82 Å². The first-order valence-electron chi connectivity index (χ1n) is 5.48. The number of nitrogens with zero attached hydrogens (tertiary/aromatic N) is 2. The Morgan fingerprint density at radius 3 is 2.50 bits per heavy atom. The molecule has 1 unspecified atom stereocenters. The van der Waals surface area contributed by atoms with Crippen LogP contribution >= 0.6 is 0 Å². The second-order valence-corrected chi connectivity index (χ2v) is 5.14. The summed E-state index contributed by atoms with van der Waals surface area (Å²) >= 11 is 0. The molecule has 0 fully saturated rings. The first-order valence-corrected chi connectivity index (χ1v) is 5.48. The van der Waals surface area contributed by atoms with Crippen LogP contribution in [0, 0.1) is 0 Å². The van der Waals surface area contributed by atoms with Gasteiger partial charge in [-0.25, -0.2) is 9.97 Å². The second-order valence-electron chi connectivity index (χ2n) is 5.14. The predicted molar refractivity (Wildman–Crippen MR) is 65.4 cm³/mol. The first-order chi connectivity index (χ1) is 7.34. The lowest BCUT2D eigenvalue weighted by molar-refractivity contribution is 0.181. The number of methoxy groups -OCH3 is 1. The summed E-state index contributed by atoms with van der Waals surface area (Å²) in [5.74, 6) is 1.44. The largest absolute Gasteiger partial charge is 0.384 e. The van der Waals surface area contributed by atoms with Crippen LogP contribution in [0.2, 0.25) is 0 Å². The number of hydrogen-bond acceptors (Lipinski definition) is 4. The lowest BCUT2D eigenvalue weighted by atomic mass is 9.91. The molecule has 0 radical (unpaired) electrons. The van der Waals surface area contributed by atoms with Crippen LogP contribution in [0.3, 0.4) is 0 Å². The zero-order valence-electron chi connectivity index (χ0n) is 10.7. The Bertz CT molecular complexity index is 358. The molecule has 1 aromatic rings. The molecule has 4 heteroatoms. The Kier molecular flexibility index (Phi) is 3.86. The molecular formula is C12H21N3O. The number of nitrogen functional groups attached to an aromatic ring is 1. The van der Waals surface area contributed by atoms with E-state index in [0.717, 1.165) is 11.5 Å². The number of nitrogens with two attached hydrogens (primary N) is 1. The SMILES string of the molecule is COCC(C)c1nc(N)cc(C(C)(C)C)n1. The first kappa shape index (κ1) is 12.9. The van der Waals surface area contributed by atoms with Gasteiger partial charge in [0.25, 0.3) is 0 Å². The van der Waals surface area contributed by atoms with E-state index in [-0.39, 0.29) is 11.3 Å².